The van der Waals surface area contributed by atoms with E-state index < -0.39 is 23.9 Å². The molecule has 1 unspecified atom stereocenters. The second-order valence-corrected chi connectivity index (χ2v) is 9.32. The van der Waals surface area contributed by atoms with E-state index in [-0.39, 0.29) is 29.5 Å². The number of fused-ring (bicyclic) bond motifs is 1. The summed E-state index contributed by atoms with van der Waals surface area (Å²) in [6, 6.07) is 4.83. The maximum atomic E-state index is 12.9. The van der Waals surface area contributed by atoms with Crippen LogP contribution in [0.15, 0.2) is 35.3 Å². The highest BCUT2D eigenvalue weighted by molar-refractivity contribution is 5.73. The summed E-state index contributed by atoms with van der Waals surface area (Å²) >= 11 is 0. The number of carboxylic acids is 1. The van der Waals surface area contributed by atoms with Gasteiger partial charge in [0.2, 0.25) is 0 Å². The lowest BCUT2D eigenvalue weighted by Gasteiger charge is -2.42. The number of likely N-dealkylation sites (tertiary alicyclic amines) is 1. The fourth-order valence-electron chi connectivity index (χ4n) is 4.32. The Morgan fingerprint density at radius 3 is 2.42 bits per heavy atom. The summed E-state index contributed by atoms with van der Waals surface area (Å²) in [7, 11) is 0. The number of aliphatic carboxylic acids is 1. The van der Waals surface area contributed by atoms with Crippen molar-refractivity contribution in [3.63, 3.8) is 0 Å². The number of ether oxygens (including phenoxy) is 2. The minimum atomic E-state index is -5.08. The molecule has 2 fully saturated rings. The van der Waals surface area contributed by atoms with Gasteiger partial charge in [0.25, 0.3) is 5.56 Å². The number of rotatable bonds is 5. The van der Waals surface area contributed by atoms with Crippen LogP contribution >= 0.6 is 0 Å². The quantitative estimate of drug-likeness (QED) is 0.438. The molecule has 2 aromatic heterocycles. The summed E-state index contributed by atoms with van der Waals surface area (Å²) in [6.07, 6.45) is -6.55. The average molecular weight is 577 g/mol. The van der Waals surface area contributed by atoms with Crippen molar-refractivity contribution < 1.29 is 45.7 Å². The van der Waals surface area contributed by atoms with Gasteiger partial charge in [0, 0.05) is 26.3 Å². The molecule has 0 aliphatic carbocycles. The van der Waals surface area contributed by atoms with E-state index in [1.54, 1.807) is 6.20 Å². The molecule has 2 aliphatic heterocycles. The van der Waals surface area contributed by atoms with Gasteiger partial charge in [-0.05, 0) is 38.0 Å². The van der Waals surface area contributed by atoms with Gasteiger partial charge < -0.3 is 19.6 Å². The van der Waals surface area contributed by atoms with Gasteiger partial charge in [0.15, 0.2) is 5.65 Å². The monoisotopic (exact) mass is 577 g/mol. The topological polar surface area (TPSA) is 123 Å². The third-order valence-corrected chi connectivity index (χ3v) is 6.54. The number of nitrogens with one attached hydrogen (secondary N) is 1. The van der Waals surface area contributed by atoms with Crippen LogP contribution in [0.25, 0.3) is 11.0 Å². The van der Waals surface area contributed by atoms with Crippen LogP contribution in [-0.2, 0) is 15.7 Å². The van der Waals surface area contributed by atoms with Crippen molar-refractivity contribution in [2.75, 3.05) is 26.3 Å². The third kappa shape index (κ3) is 6.72. The Morgan fingerprint density at radius 1 is 1.18 bits per heavy atom. The number of benzene rings is 1. The largest absolute Gasteiger partial charge is 0.490 e. The van der Waals surface area contributed by atoms with Crippen LogP contribution < -0.4 is 10.3 Å². The molecule has 10 nitrogen and oxygen atoms in total. The number of carboxylic acid groups (broad SMARTS) is 1. The van der Waals surface area contributed by atoms with Gasteiger partial charge in [0.1, 0.15) is 23.1 Å². The van der Waals surface area contributed by atoms with E-state index in [1.165, 1.54) is 12.1 Å². The highest BCUT2D eigenvalue weighted by Gasteiger charge is 2.38. The van der Waals surface area contributed by atoms with Crippen molar-refractivity contribution in [2.45, 2.75) is 50.3 Å². The van der Waals surface area contributed by atoms with Crippen LogP contribution in [0.3, 0.4) is 0 Å². The molecule has 4 heterocycles. The molecular weight excluding hydrogens is 552 g/mol. The molecule has 0 bridgehead atoms. The van der Waals surface area contributed by atoms with Gasteiger partial charge in [-0.15, -0.1) is 0 Å². The summed E-state index contributed by atoms with van der Waals surface area (Å²) in [5, 5.41) is 12.0. The van der Waals surface area contributed by atoms with Crippen LogP contribution in [0, 0.1) is 0 Å². The molecule has 0 amide bonds. The molecule has 1 atom stereocenters. The van der Waals surface area contributed by atoms with Crippen LogP contribution in [0.5, 0.6) is 5.75 Å². The lowest BCUT2D eigenvalue weighted by molar-refractivity contribution is -0.192. The Kier molecular flexibility index (Phi) is 8.39. The predicted octanol–water partition coefficient (Wildman–Crippen LogP) is 3.95. The normalized spacial score (nSPS) is 18.1. The molecule has 2 N–H and O–H groups in total. The lowest BCUT2D eigenvalue weighted by Crippen LogP contribution is -2.54. The molecule has 1 aromatic carbocycles. The van der Waals surface area contributed by atoms with E-state index in [1.807, 2.05) is 11.6 Å². The van der Waals surface area contributed by atoms with E-state index in [0.29, 0.717) is 43.2 Å². The van der Waals surface area contributed by atoms with Crippen LogP contribution in [0.4, 0.5) is 26.3 Å². The molecule has 2 saturated heterocycles. The summed E-state index contributed by atoms with van der Waals surface area (Å²) < 4.78 is 83.4. The Morgan fingerprint density at radius 2 is 1.82 bits per heavy atom. The lowest BCUT2D eigenvalue weighted by atomic mass is 10.1. The minimum absolute atomic E-state index is 0.142. The zero-order chi connectivity index (χ0) is 29.2. The number of hydrogen-bond donors (Lipinski definition) is 2. The first-order valence-electron chi connectivity index (χ1n) is 12.2. The van der Waals surface area contributed by atoms with Crippen molar-refractivity contribution >= 4 is 17.0 Å². The van der Waals surface area contributed by atoms with Crippen LogP contribution in [0.1, 0.15) is 43.2 Å². The fourth-order valence-corrected chi connectivity index (χ4v) is 4.32. The molecule has 2 aliphatic rings. The molecular formula is C24H25F6N5O5. The number of aromatic nitrogens is 4. The first-order chi connectivity index (χ1) is 18.7. The fraction of sp³-hybridized carbons (Fsp3) is 0.500. The molecule has 0 saturated carbocycles. The maximum absolute atomic E-state index is 12.9. The SMILES string of the molecule is CC(c1nc2c(cnn2C2CCOCC2)c(=O)[nH]1)N1CC(Oc2cccc(C(F)(F)F)c2)C1.O=C(O)C(F)(F)F. The highest BCUT2D eigenvalue weighted by Crippen LogP contribution is 2.33. The van der Waals surface area contributed by atoms with Crippen LogP contribution in [-0.4, -0.2) is 74.3 Å². The summed E-state index contributed by atoms with van der Waals surface area (Å²) in [6.45, 7) is 4.26. The van der Waals surface area contributed by atoms with Crippen LogP contribution in [0.2, 0.25) is 0 Å². The predicted molar refractivity (Wildman–Crippen MR) is 127 cm³/mol. The van der Waals surface area contributed by atoms with Gasteiger partial charge in [-0.1, -0.05) is 6.07 Å². The van der Waals surface area contributed by atoms with Gasteiger partial charge in [-0.25, -0.2) is 14.5 Å². The number of nitrogens with zero attached hydrogens (tertiary/aromatic N) is 4. The van der Waals surface area contributed by atoms with Gasteiger partial charge >= 0.3 is 18.3 Å². The third-order valence-electron chi connectivity index (χ3n) is 6.54. The Bertz CT molecular complexity index is 1390. The van der Waals surface area contributed by atoms with E-state index >= 15 is 0 Å². The van der Waals surface area contributed by atoms with Crippen molar-refractivity contribution in [3.8, 4) is 5.75 Å². The Labute approximate surface area is 222 Å². The number of aromatic amines is 1. The zero-order valence-electron chi connectivity index (χ0n) is 21.0. The maximum Gasteiger partial charge on any atom is 0.490 e. The van der Waals surface area contributed by atoms with Crippen molar-refractivity contribution in [3.05, 3.63) is 52.2 Å². The van der Waals surface area contributed by atoms with Gasteiger partial charge in [-0.2, -0.15) is 31.4 Å². The summed E-state index contributed by atoms with van der Waals surface area (Å²) in [5.41, 5.74) is -0.414. The number of H-pyrrole nitrogens is 1. The number of halogens is 6. The number of alkyl halides is 6. The summed E-state index contributed by atoms with van der Waals surface area (Å²) in [4.78, 5) is 31.2. The number of carbonyl (C=O) groups is 1. The minimum Gasteiger partial charge on any atom is -0.488 e. The molecule has 0 radical (unpaired) electrons. The molecule has 3 aromatic rings. The highest BCUT2D eigenvalue weighted by atomic mass is 19.4. The van der Waals surface area contributed by atoms with E-state index in [4.69, 9.17) is 24.4 Å². The smallest absolute Gasteiger partial charge is 0.488 e. The second kappa shape index (κ2) is 11.4. The number of hydrogen-bond acceptors (Lipinski definition) is 7. The standard InChI is InChI=1S/C22H24F3N5O3.C2HF3O2/c1-13(29-11-17(12-29)33-16-4-2-3-14(9-16)22(23,24)25)19-27-20-18(21(31)28-19)10-26-30(20)15-5-7-32-8-6-15;3-2(4,5)1(6)7/h2-4,9-10,13,15,17H,5-8,11-12H2,1H3,(H,27,28,31);(H,6,7). The Balaban J connectivity index is 0.000000470. The Hall–Kier alpha value is -3.66. The van der Waals surface area contributed by atoms with E-state index in [0.717, 1.165) is 25.0 Å². The first kappa shape index (κ1) is 29.3. The average Bonchev–Trinajstić information content (AvgIpc) is 3.30. The van der Waals surface area contributed by atoms with Crippen molar-refractivity contribution in [1.82, 2.24) is 24.6 Å². The molecule has 0 spiro atoms. The van der Waals surface area contributed by atoms with Gasteiger partial charge in [0.05, 0.1) is 23.8 Å². The first-order valence-corrected chi connectivity index (χ1v) is 12.2. The van der Waals surface area contributed by atoms with E-state index in [9.17, 15) is 31.1 Å². The van der Waals surface area contributed by atoms with E-state index in [2.05, 4.69) is 15.0 Å². The molecule has 40 heavy (non-hydrogen) atoms. The summed E-state index contributed by atoms with van der Waals surface area (Å²) in [5.74, 6) is -2.04. The molecule has 5 rings (SSSR count). The van der Waals surface area contributed by atoms with Crippen molar-refractivity contribution in [2.24, 2.45) is 0 Å². The zero-order valence-corrected chi connectivity index (χ0v) is 21.0. The molecule has 218 valence electrons. The van der Waals surface area contributed by atoms with Crippen molar-refractivity contribution in [1.29, 1.82) is 0 Å². The second-order valence-electron chi connectivity index (χ2n) is 9.32. The van der Waals surface area contributed by atoms with Gasteiger partial charge in [-0.3, -0.25) is 9.69 Å². The molecule has 16 heteroatoms.